The number of fused-ring (bicyclic) bond motifs is 13. The van der Waals surface area contributed by atoms with Crippen LogP contribution in [0.4, 0.5) is 0 Å². The van der Waals surface area contributed by atoms with Crippen molar-refractivity contribution in [3.63, 3.8) is 0 Å². The fourth-order valence-corrected chi connectivity index (χ4v) is 8.93. The SMILES string of the molecule is CC(C)(C)c1ccnc(-n2c3[c-]c(Oc4[c-]c(-c5nc6ccccc6o5)ccc4)ccc3c3c4c(ccc32)-n2c3ccccc3c3cccc(c32)-c2ccccc2-4)c1.[Pt+2]. The van der Waals surface area contributed by atoms with E-state index in [2.05, 4.69) is 144 Å². The molecule has 1 aliphatic rings. The van der Waals surface area contributed by atoms with Crippen LogP contribution in [0.3, 0.4) is 0 Å². The number of nitrogens with zero attached hydrogens (tertiary/aromatic N) is 4. The fraction of sp³-hybridized carbons (Fsp3) is 0.0769. The first kappa shape index (κ1) is 35.4. The quantitative estimate of drug-likeness (QED) is 0.165. The molecule has 0 aliphatic carbocycles. The first-order chi connectivity index (χ1) is 28.4. The summed E-state index contributed by atoms with van der Waals surface area (Å²) in [6.45, 7) is 6.70. The summed E-state index contributed by atoms with van der Waals surface area (Å²) in [5.41, 5.74) is 13.6. The Morgan fingerprint density at radius 3 is 2.27 bits per heavy atom. The number of ether oxygens (including phenoxy) is 1. The third-order valence-corrected chi connectivity index (χ3v) is 11.6. The van der Waals surface area contributed by atoms with Crippen molar-refractivity contribution in [3.8, 4) is 56.7 Å². The molecule has 0 fully saturated rings. The van der Waals surface area contributed by atoms with Crippen molar-refractivity contribution < 1.29 is 30.2 Å². The molecule has 0 saturated carbocycles. The Morgan fingerprint density at radius 2 is 1.39 bits per heavy atom. The van der Waals surface area contributed by atoms with Crippen LogP contribution in [-0.2, 0) is 26.5 Å². The zero-order valence-corrected chi connectivity index (χ0v) is 34.6. The summed E-state index contributed by atoms with van der Waals surface area (Å²) in [5.74, 6) is 2.41. The Bertz CT molecular complexity index is 3460. The molecular weight excluding hydrogens is 908 g/mol. The molecule has 11 aromatic rings. The van der Waals surface area contributed by atoms with Gasteiger partial charge in [-0.05, 0) is 70.0 Å². The molecule has 1 aliphatic heterocycles. The van der Waals surface area contributed by atoms with Crippen molar-refractivity contribution in [3.05, 3.63) is 169 Å². The molecule has 284 valence electrons. The summed E-state index contributed by atoms with van der Waals surface area (Å²) in [6.07, 6.45) is 1.92. The zero-order chi connectivity index (χ0) is 38.7. The van der Waals surface area contributed by atoms with Crippen LogP contribution < -0.4 is 4.74 Å². The average molecular weight is 942 g/mol. The predicted octanol–water partition coefficient (Wildman–Crippen LogP) is 13.4. The molecule has 0 radical (unpaired) electrons. The third kappa shape index (κ3) is 5.36. The van der Waals surface area contributed by atoms with Crippen molar-refractivity contribution in [2.75, 3.05) is 0 Å². The topological polar surface area (TPSA) is 58.0 Å². The standard InChI is InChI=1S/C52H34N4O2.Pt/c1-52(2,3)32-26-27-53-47(29-32)55-43-24-25-44-48(37-16-5-4-14-35(37)38-17-11-18-39-36-15-6-8-20-42(36)56(44)50(38)39)49(43)40-23-22-34(30-45(40)55)57-33-13-10-12-31(28-33)51-54-41-19-7-9-21-46(41)58-51;/h4-27,29H,1-3H3;/q-2;+2. The molecule has 0 saturated heterocycles. The maximum atomic E-state index is 6.58. The van der Waals surface area contributed by atoms with E-state index in [1.54, 1.807) is 0 Å². The first-order valence-electron chi connectivity index (χ1n) is 19.6. The Balaban J connectivity index is 0.00000397. The van der Waals surface area contributed by atoms with Crippen LogP contribution in [0, 0.1) is 12.1 Å². The van der Waals surface area contributed by atoms with Gasteiger partial charge in [0.05, 0.1) is 22.2 Å². The Morgan fingerprint density at radius 1 is 0.627 bits per heavy atom. The second-order valence-electron chi connectivity index (χ2n) is 16.0. The molecule has 5 heterocycles. The first-order valence-corrected chi connectivity index (χ1v) is 19.6. The Labute approximate surface area is 354 Å². The van der Waals surface area contributed by atoms with Crippen molar-refractivity contribution in [2.24, 2.45) is 0 Å². The van der Waals surface area contributed by atoms with Gasteiger partial charge in [-0.1, -0.05) is 111 Å². The molecule has 0 spiro atoms. The monoisotopic (exact) mass is 941 g/mol. The van der Waals surface area contributed by atoms with Crippen molar-refractivity contribution in [1.82, 2.24) is 19.1 Å². The number of benzene rings is 7. The van der Waals surface area contributed by atoms with E-state index < -0.39 is 0 Å². The van der Waals surface area contributed by atoms with Gasteiger partial charge in [-0.3, -0.25) is 4.98 Å². The van der Waals surface area contributed by atoms with Crippen LogP contribution >= 0.6 is 0 Å². The van der Waals surface area contributed by atoms with E-state index in [0.717, 1.165) is 44.4 Å². The number of rotatable bonds is 4. The predicted molar refractivity (Wildman–Crippen MR) is 233 cm³/mol. The molecular formula is C52H34N4O2Pt. The smallest absolute Gasteiger partial charge is 0.503 e. The van der Waals surface area contributed by atoms with Gasteiger partial charge < -0.3 is 18.3 Å². The van der Waals surface area contributed by atoms with Crippen LogP contribution in [0.25, 0.3) is 99.9 Å². The maximum absolute atomic E-state index is 6.58. The summed E-state index contributed by atoms with van der Waals surface area (Å²) < 4.78 is 17.4. The second-order valence-corrected chi connectivity index (χ2v) is 16.0. The number of para-hydroxylation sites is 4. The van der Waals surface area contributed by atoms with E-state index in [1.807, 2.05) is 54.7 Å². The summed E-state index contributed by atoms with van der Waals surface area (Å²) in [5, 5.41) is 4.67. The van der Waals surface area contributed by atoms with E-state index in [0.29, 0.717) is 23.0 Å². The van der Waals surface area contributed by atoms with E-state index in [9.17, 15) is 0 Å². The van der Waals surface area contributed by atoms with Gasteiger partial charge in [0.1, 0.15) is 17.3 Å². The van der Waals surface area contributed by atoms with Crippen LogP contribution in [0.15, 0.2) is 156 Å². The van der Waals surface area contributed by atoms with Gasteiger partial charge in [-0.2, -0.15) is 6.07 Å². The van der Waals surface area contributed by atoms with Gasteiger partial charge in [0, 0.05) is 45.1 Å². The molecule has 4 aromatic heterocycles. The van der Waals surface area contributed by atoms with Crippen LogP contribution in [-0.4, -0.2) is 19.1 Å². The number of pyridine rings is 1. The number of hydrogen-bond acceptors (Lipinski definition) is 4. The molecule has 0 N–H and O–H groups in total. The van der Waals surface area contributed by atoms with E-state index in [1.165, 1.54) is 49.6 Å². The summed E-state index contributed by atoms with van der Waals surface area (Å²) in [7, 11) is 0. The van der Waals surface area contributed by atoms with E-state index in [-0.39, 0.29) is 26.5 Å². The van der Waals surface area contributed by atoms with E-state index in [4.69, 9.17) is 14.1 Å². The fourth-order valence-electron chi connectivity index (χ4n) is 8.93. The van der Waals surface area contributed by atoms with Gasteiger partial charge >= 0.3 is 21.1 Å². The van der Waals surface area contributed by atoms with Crippen LogP contribution in [0.1, 0.15) is 26.3 Å². The van der Waals surface area contributed by atoms with Gasteiger partial charge in [0.25, 0.3) is 0 Å². The summed E-state index contributed by atoms with van der Waals surface area (Å²) in [4.78, 5) is 9.71. The van der Waals surface area contributed by atoms with E-state index >= 15 is 0 Å². The minimum atomic E-state index is -0.0768. The van der Waals surface area contributed by atoms with Crippen molar-refractivity contribution in [1.29, 1.82) is 0 Å². The molecule has 0 bridgehead atoms. The second kappa shape index (κ2) is 13.1. The number of oxazole rings is 1. The third-order valence-electron chi connectivity index (χ3n) is 11.6. The molecule has 12 rings (SSSR count). The molecule has 59 heavy (non-hydrogen) atoms. The van der Waals surface area contributed by atoms with Crippen molar-refractivity contribution in [2.45, 2.75) is 26.2 Å². The summed E-state index contributed by atoms with van der Waals surface area (Å²) in [6, 6.07) is 57.9. The molecule has 0 atom stereocenters. The average Bonchev–Trinajstić information content (AvgIpc) is 3.91. The Kier molecular flexibility index (Phi) is 7.88. The molecule has 6 nitrogen and oxygen atoms in total. The molecule has 7 heteroatoms. The molecule has 0 amide bonds. The van der Waals surface area contributed by atoms with Gasteiger partial charge in [0.15, 0.2) is 0 Å². The summed E-state index contributed by atoms with van der Waals surface area (Å²) >= 11 is 0. The van der Waals surface area contributed by atoms with Crippen LogP contribution in [0.2, 0.25) is 0 Å². The zero-order valence-electron chi connectivity index (χ0n) is 32.4. The van der Waals surface area contributed by atoms with Crippen LogP contribution in [0.5, 0.6) is 11.5 Å². The number of aromatic nitrogens is 4. The normalized spacial score (nSPS) is 12.2. The van der Waals surface area contributed by atoms with Gasteiger partial charge in [-0.25, -0.2) is 4.98 Å². The maximum Gasteiger partial charge on any atom is 2.00 e. The number of hydrogen-bond donors (Lipinski definition) is 0. The molecule has 7 aromatic carbocycles. The minimum Gasteiger partial charge on any atom is -0.503 e. The van der Waals surface area contributed by atoms with Gasteiger partial charge in [0.2, 0.25) is 0 Å². The van der Waals surface area contributed by atoms with Gasteiger partial charge in [-0.15, -0.1) is 35.7 Å². The largest absolute Gasteiger partial charge is 2.00 e. The minimum absolute atomic E-state index is 0. The molecule has 0 unspecified atom stereocenters. The van der Waals surface area contributed by atoms with Crippen molar-refractivity contribution >= 4 is 54.7 Å². The Hall–Kier alpha value is -6.75.